The van der Waals surface area contributed by atoms with Gasteiger partial charge >= 0.3 is 5.69 Å². The molecular formula is C29H26F2N6O3. The van der Waals surface area contributed by atoms with Gasteiger partial charge in [0.25, 0.3) is 11.5 Å². The summed E-state index contributed by atoms with van der Waals surface area (Å²) in [5, 5.41) is 2.99. The van der Waals surface area contributed by atoms with Crippen molar-refractivity contribution in [2.45, 2.75) is 51.1 Å². The zero-order valence-corrected chi connectivity index (χ0v) is 21.7. The van der Waals surface area contributed by atoms with E-state index in [1.807, 2.05) is 19.1 Å². The summed E-state index contributed by atoms with van der Waals surface area (Å²) in [5.41, 5.74) is 0.599. The topological polar surface area (TPSA) is 104 Å². The lowest BCUT2D eigenvalue weighted by molar-refractivity contribution is 0.0917. The highest BCUT2D eigenvalue weighted by atomic mass is 19.1. The minimum atomic E-state index is -0.665. The third-order valence-electron chi connectivity index (χ3n) is 7.40. The number of amides is 1. The lowest BCUT2D eigenvalue weighted by Crippen LogP contribution is -2.45. The summed E-state index contributed by atoms with van der Waals surface area (Å²) in [6, 6.07) is 7.74. The molecule has 0 spiro atoms. The number of allylic oxidation sites excluding steroid dienone is 2. The Morgan fingerprint density at radius 3 is 2.67 bits per heavy atom. The molecule has 3 aromatic heterocycles. The van der Waals surface area contributed by atoms with Gasteiger partial charge in [-0.1, -0.05) is 18.2 Å². The summed E-state index contributed by atoms with van der Waals surface area (Å²) >= 11 is 0. The first-order valence-corrected chi connectivity index (χ1v) is 13.1. The second-order valence-corrected chi connectivity index (χ2v) is 10.2. The van der Waals surface area contributed by atoms with Crippen molar-refractivity contribution in [3.05, 3.63) is 98.4 Å². The van der Waals surface area contributed by atoms with Crippen molar-refractivity contribution in [1.29, 1.82) is 0 Å². The Hall–Kier alpha value is -4.67. The van der Waals surface area contributed by atoms with E-state index in [9.17, 15) is 23.2 Å². The second kappa shape index (κ2) is 10.1. The van der Waals surface area contributed by atoms with Crippen LogP contribution in [0, 0.1) is 12.7 Å². The van der Waals surface area contributed by atoms with Crippen LogP contribution in [0.3, 0.4) is 0 Å². The molecule has 4 aromatic rings. The average Bonchev–Trinajstić information content (AvgIpc) is 3.24. The fraction of sp³-hybridized carbons (Fsp3) is 0.276. The first-order valence-electron chi connectivity index (χ1n) is 13.1. The van der Waals surface area contributed by atoms with Crippen molar-refractivity contribution in [1.82, 2.24) is 29.0 Å². The van der Waals surface area contributed by atoms with Crippen LogP contribution in [0.15, 0.2) is 64.2 Å². The number of hydrogen-bond donors (Lipinski definition) is 1. The van der Waals surface area contributed by atoms with Gasteiger partial charge in [0.05, 0.1) is 17.3 Å². The number of fused-ring (bicyclic) bond motifs is 2. The number of halogens is 2. The molecule has 1 fully saturated rings. The largest absolute Gasteiger partial charge is 0.348 e. The van der Waals surface area contributed by atoms with Crippen LogP contribution in [0.5, 0.6) is 0 Å². The van der Waals surface area contributed by atoms with Crippen molar-refractivity contribution < 1.29 is 13.6 Å². The predicted molar refractivity (Wildman–Crippen MR) is 146 cm³/mol. The molecule has 1 aliphatic heterocycles. The lowest BCUT2D eigenvalue weighted by atomic mass is 9.90. The van der Waals surface area contributed by atoms with Gasteiger partial charge in [-0.25, -0.2) is 28.1 Å². The molecular weight excluding hydrogens is 518 g/mol. The van der Waals surface area contributed by atoms with Gasteiger partial charge in [-0.15, -0.1) is 0 Å². The third-order valence-corrected chi connectivity index (χ3v) is 7.40. The summed E-state index contributed by atoms with van der Waals surface area (Å²) in [6.07, 6.45) is 9.23. The van der Waals surface area contributed by atoms with Crippen LogP contribution >= 0.6 is 0 Å². The van der Waals surface area contributed by atoms with Crippen LogP contribution in [0.25, 0.3) is 29.0 Å². The molecule has 1 aromatic carbocycles. The van der Waals surface area contributed by atoms with E-state index >= 15 is 0 Å². The van der Waals surface area contributed by atoms with Crippen molar-refractivity contribution >= 4 is 29.2 Å². The van der Waals surface area contributed by atoms with Gasteiger partial charge in [0.1, 0.15) is 23.2 Å². The Kier molecular flexibility index (Phi) is 6.49. The van der Waals surface area contributed by atoms with Crippen LogP contribution in [-0.2, 0) is 0 Å². The van der Waals surface area contributed by atoms with Gasteiger partial charge < -0.3 is 9.88 Å². The number of rotatable bonds is 4. The molecule has 0 atom stereocenters. The fourth-order valence-corrected chi connectivity index (χ4v) is 5.47. The quantitative estimate of drug-likeness (QED) is 0.413. The number of benzene rings is 1. The van der Waals surface area contributed by atoms with Gasteiger partial charge in [0.15, 0.2) is 5.65 Å². The molecule has 4 heterocycles. The monoisotopic (exact) mass is 544 g/mol. The zero-order valence-electron chi connectivity index (χ0n) is 21.7. The highest BCUT2D eigenvalue weighted by Crippen LogP contribution is 2.28. The summed E-state index contributed by atoms with van der Waals surface area (Å²) in [6.45, 7) is 1.89. The molecule has 0 unspecified atom stereocenters. The van der Waals surface area contributed by atoms with Gasteiger partial charge in [-0.2, -0.15) is 0 Å². The number of carbonyl (C=O) groups excluding carboxylic acids is 1. The molecule has 9 nitrogen and oxygen atoms in total. The smallest absolute Gasteiger partial charge is 0.337 e. The number of carbonyl (C=O) groups is 1. The van der Waals surface area contributed by atoms with E-state index in [2.05, 4.69) is 15.3 Å². The Labute approximate surface area is 227 Å². The number of aryl methyl sites for hydroxylation is 1. The van der Waals surface area contributed by atoms with E-state index < -0.39 is 23.1 Å². The molecule has 1 saturated carbocycles. The van der Waals surface area contributed by atoms with Crippen LogP contribution in [-0.4, -0.2) is 35.6 Å². The average molecular weight is 545 g/mol. The Morgan fingerprint density at radius 2 is 1.90 bits per heavy atom. The molecule has 204 valence electrons. The Bertz CT molecular complexity index is 1830. The number of imidazole rings is 1. The maximum Gasteiger partial charge on any atom is 0.337 e. The minimum Gasteiger partial charge on any atom is -0.348 e. The summed E-state index contributed by atoms with van der Waals surface area (Å²) in [4.78, 5) is 48.5. The summed E-state index contributed by atoms with van der Waals surface area (Å²) in [5.74, 6) is -0.908. The van der Waals surface area contributed by atoms with Crippen LogP contribution in [0.1, 0.15) is 60.0 Å². The van der Waals surface area contributed by atoms with E-state index in [0.29, 0.717) is 37.2 Å². The highest BCUT2D eigenvalue weighted by molar-refractivity contribution is 5.92. The molecule has 1 amide bonds. The molecule has 40 heavy (non-hydrogen) atoms. The number of aromatic nitrogens is 5. The lowest BCUT2D eigenvalue weighted by Gasteiger charge is -2.30. The van der Waals surface area contributed by atoms with E-state index in [4.69, 9.17) is 0 Å². The van der Waals surface area contributed by atoms with Gasteiger partial charge in [0.2, 0.25) is 0 Å². The second-order valence-electron chi connectivity index (χ2n) is 10.2. The number of nitrogens with one attached hydrogen (secondary N) is 1. The van der Waals surface area contributed by atoms with E-state index in [-0.39, 0.29) is 40.9 Å². The van der Waals surface area contributed by atoms with E-state index in [0.717, 1.165) is 17.8 Å². The summed E-state index contributed by atoms with van der Waals surface area (Å²) in [7, 11) is 0. The SMILES string of the molecule is Cc1cccc(-n2c(=O)n(C3CCC(NC(=O)c4cn5c(n4)C=CCC(F)=C5)CC3)c(=O)c3cc(F)cnc32)c1. The van der Waals surface area contributed by atoms with Gasteiger partial charge in [0, 0.05) is 30.9 Å². The van der Waals surface area contributed by atoms with Crippen molar-refractivity contribution in [2.24, 2.45) is 0 Å². The number of hydrogen-bond acceptors (Lipinski definition) is 5. The predicted octanol–water partition coefficient (Wildman–Crippen LogP) is 4.29. The van der Waals surface area contributed by atoms with E-state index in [1.54, 1.807) is 24.3 Å². The number of pyridine rings is 1. The van der Waals surface area contributed by atoms with Crippen LogP contribution < -0.4 is 16.6 Å². The van der Waals surface area contributed by atoms with Crippen molar-refractivity contribution in [3.8, 4) is 5.69 Å². The normalized spacial score (nSPS) is 18.7. The zero-order chi connectivity index (χ0) is 28.0. The fourth-order valence-electron chi connectivity index (χ4n) is 5.47. The van der Waals surface area contributed by atoms with Crippen LogP contribution in [0.2, 0.25) is 0 Å². The Balaban J connectivity index is 1.26. The molecule has 11 heteroatoms. The molecule has 6 rings (SSSR count). The van der Waals surface area contributed by atoms with Gasteiger partial charge in [-0.05, 0) is 62.4 Å². The maximum absolute atomic E-state index is 14.1. The summed E-state index contributed by atoms with van der Waals surface area (Å²) < 4.78 is 32.0. The van der Waals surface area contributed by atoms with Gasteiger partial charge in [-0.3, -0.25) is 14.2 Å². The minimum absolute atomic E-state index is 0.0237. The molecule has 1 aliphatic carbocycles. The first-order chi connectivity index (χ1) is 19.3. The van der Waals surface area contributed by atoms with Crippen LogP contribution in [0.4, 0.5) is 8.78 Å². The molecule has 0 radical (unpaired) electrons. The number of nitrogens with zero attached hydrogens (tertiary/aromatic N) is 5. The molecule has 0 bridgehead atoms. The molecule has 1 N–H and O–H groups in total. The Morgan fingerprint density at radius 1 is 1.10 bits per heavy atom. The van der Waals surface area contributed by atoms with Crippen molar-refractivity contribution in [3.63, 3.8) is 0 Å². The maximum atomic E-state index is 14.1. The standard InChI is InChI=1S/C29H26F2N6O3/c1-17-4-2-6-22(12-17)36-26-23(13-19(31)14-32-26)28(39)37(29(36)40)21-10-8-20(9-11-21)33-27(38)24-16-35-15-18(30)5-3-7-25(35)34-24/h2-4,6-7,12-16,20-21H,5,8-11H2,1H3,(H,33,38). The highest BCUT2D eigenvalue weighted by Gasteiger charge is 2.28. The molecule has 2 aliphatic rings. The molecule has 0 saturated heterocycles. The first kappa shape index (κ1) is 25.6. The van der Waals surface area contributed by atoms with E-state index in [1.165, 1.54) is 26.1 Å². The third kappa shape index (κ3) is 4.67. The van der Waals surface area contributed by atoms with Crippen molar-refractivity contribution in [2.75, 3.05) is 0 Å².